The minimum Gasteiger partial charge on any atom is -0.354 e. The molecule has 0 radical (unpaired) electrons. The molecule has 2 amide bonds. The van der Waals surface area contributed by atoms with Gasteiger partial charge in [0.25, 0.3) is 11.5 Å². The van der Waals surface area contributed by atoms with Crippen LogP contribution in [0.25, 0.3) is 0 Å². The van der Waals surface area contributed by atoms with Crippen LogP contribution in [0.5, 0.6) is 0 Å². The molecule has 7 heteroatoms. The fraction of sp³-hybridized carbons (Fsp3) is 0.500. The van der Waals surface area contributed by atoms with E-state index in [0.717, 1.165) is 0 Å². The van der Waals surface area contributed by atoms with Gasteiger partial charge >= 0.3 is 0 Å². The second kappa shape index (κ2) is 6.67. The third kappa shape index (κ3) is 4.90. The summed E-state index contributed by atoms with van der Waals surface area (Å²) in [5.41, 5.74) is -0.285. The molecule has 0 aliphatic rings. The van der Waals surface area contributed by atoms with E-state index in [9.17, 15) is 14.4 Å². The molecule has 0 spiro atoms. The first-order valence-corrected chi connectivity index (χ1v) is 5.98. The summed E-state index contributed by atoms with van der Waals surface area (Å²) in [6, 6.07) is 2.54. The minimum absolute atomic E-state index is 0.0492. The van der Waals surface area contributed by atoms with Crippen molar-refractivity contribution < 1.29 is 9.59 Å². The summed E-state index contributed by atoms with van der Waals surface area (Å²) in [6.07, 6.45) is 0. The Labute approximate surface area is 111 Å². The van der Waals surface area contributed by atoms with E-state index < -0.39 is 5.91 Å². The molecule has 0 atom stereocenters. The van der Waals surface area contributed by atoms with Gasteiger partial charge in [-0.25, -0.2) is 5.10 Å². The molecule has 1 aromatic heterocycles. The fourth-order valence-electron chi connectivity index (χ4n) is 1.32. The molecule has 0 aliphatic carbocycles. The number of nitrogens with zero attached hydrogens (tertiary/aromatic N) is 2. The van der Waals surface area contributed by atoms with Gasteiger partial charge in [-0.3, -0.25) is 14.4 Å². The van der Waals surface area contributed by atoms with E-state index in [4.69, 9.17) is 0 Å². The maximum Gasteiger partial charge on any atom is 0.274 e. The average molecular weight is 266 g/mol. The Balaban J connectivity index is 2.55. The lowest BCUT2D eigenvalue weighted by Gasteiger charge is -2.16. The van der Waals surface area contributed by atoms with Gasteiger partial charge in [0.15, 0.2) is 0 Å². The summed E-state index contributed by atoms with van der Waals surface area (Å²) in [6.45, 7) is 4.49. The average Bonchev–Trinajstić information content (AvgIpc) is 2.36. The van der Waals surface area contributed by atoms with Crippen molar-refractivity contribution in [2.75, 3.05) is 20.1 Å². The van der Waals surface area contributed by atoms with Gasteiger partial charge in [0.1, 0.15) is 5.69 Å². The van der Waals surface area contributed by atoms with Crippen molar-refractivity contribution in [1.82, 2.24) is 20.4 Å². The highest BCUT2D eigenvalue weighted by Crippen LogP contribution is 1.96. The highest BCUT2D eigenvalue weighted by Gasteiger charge is 2.16. The molecule has 0 saturated heterocycles. The van der Waals surface area contributed by atoms with Crippen LogP contribution in [0, 0.1) is 5.92 Å². The van der Waals surface area contributed by atoms with E-state index in [1.165, 1.54) is 24.1 Å². The topological polar surface area (TPSA) is 95.2 Å². The first-order valence-electron chi connectivity index (χ1n) is 5.98. The number of nitrogens with one attached hydrogen (secondary N) is 2. The van der Waals surface area contributed by atoms with Gasteiger partial charge in [0.05, 0.1) is 6.54 Å². The zero-order valence-corrected chi connectivity index (χ0v) is 11.3. The van der Waals surface area contributed by atoms with Gasteiger partial charge in [-0.1, -0.05) is 13.8 Å². The zero-order valence-electron chi connectivity index (χ0n) is 11.3. The molecule has 2 N–H and O–H groups in total. The molecule has 1 rings (SSSR count). The van der Waals surface area contributed by atoms with E-state index in [0.29, 0.717) is 12.5 Å². The number of carbonyl (C=O) groups excluding carboxylic acids is 2. The van der Waals surface area contributed by atoms with Crippen LogP contribution in [0.4, 0.5) is 0 Å². The minimum atomic E-state index is -0.420. The van der Waals surface area contributed by atoms with Crippen LogP contribution in [-0.2, 0) is 4.79 Å². The quantitative estimate of drug-likeness (QED) is 0.759. The number of hydrogen-bond acceptors (Lipinski definition) is 4. The summed E-state index contributed by atoms with van der Waals surface area (Å²) in [5.74, 6) is -0.296. The molecule has 0 saturated carbocycles. The first-order chi connectivity index (χ1) is 8.90. The van der Waals surface area contributed by atoms with Crippen molar-refractivity contribution in [1.29, 1.82) is 0 Å². The molecule has 7 nitrogen and oxygen atoms in total. The van der Waals surface area contributed by atoms with Crippen LogP contribution in [0.15, 0.2) is 16.9 Å². The Bertz CT molecular complexity index is 489. The summed E-state index contributed by atoms with van der Waals surface area (Å²) < 4.78 is 0. The van der Waals surface area contributed by atoms with E-state index in [-0.39, 0.29) is 23.7 Å². The second-order valence-electron chi connectivity index (χ2n) is 4.67. The Morgan fingerprint density at radius 2 is 2.11 bits per heavy atom. The van der Waals surface area contributed by atoms with Gasteiger partial charge in [-0.2, -0.15) is 5.10 Å². The van der Waals surface area contributed by atoms with Crippen LogP contribution in [0.3, 0.4) is 0 Å². The van der Waals surface area contributed by atoms with Gasteiger partial charge < -0.3 is 10.2 Å². The molecule has 0 bridgehead atoms. The molecule has 1 heterocycles. The monoisotopic (exact) mass is 266 g/mol. The van der Waals surface area contributed by atoms with Gasteiger partial charge in [-0.15, -0.1) is 0 Å². The third-order valence-electron chi connectivity index (χ3n) is 2.33. The van der Waals surface area contributed by atoms with Crippen LogP contribution in [0.2, 0.25) is 0 Å². The van der Waals surface area contributed by atoms with Crippen LogP contribution >= 0.6 is 0 Å². The third-order valence-corrected chi connectivity index (χ3v) is 2.33. The molecule has 0 fully saturated rings. The number of aromatic amines is 1. The summed E-state index contributed by atoms with van der Waals surface area (Å²) in [7, 11) is 1.50. The standard InChI is InChI=1S/C12H18N4O3/c1-8(2)6-13-11(18)7-16(3)12(19)9-4-5-10(17)15-14-9/h4-5,8H,6-7H2,1-3H3,(H,13,18)(H,15,17). The number of carbonyl (C=O) groups is 2. The van der Waals surface area contributed by atoms with Crippen molar-refractivity contribution in [3.8, 4) is 0 Å². The molecule has 1 aromatic rings. The lowest BCUT2D eigenvalue weighted by molar-refractivity contribution is -0.121. The van der Waals surface area contributed by atoms with Crippen molar-refractivity contribution in [3.63, 3.8) is 0 Å². The van der Waals surface area contributed by atoms with Crippen LogP contribution in [-0.4, -0.2) is 47.0 Å². The molecule has 0 aliphatic heterocycles. The van der Waals surface area contributed by atoms with Crippen molar-refractivity contribution >= 4 is 11.8 Å². The van der Waals surface area contributed by atoms with E-state index in [1.54, 1.807) is 0 Å². The Hall–Kier alpha value is -2.18. The van der Waals surface area contributed by atoms with E-state index in [2.05, 4.69) is 15.5 Å². The summed E-state index contributed by atoms with van der Waals surface area (Å²) in [4.78, 5) is 35.5. The van der Waals surface area contributed by atoms with E-state index >= 15 is 0 Å². The molecule has 0 aromatic carbocycles. The number of rotatable bonds is 5. The van der Waals surface area contributed by atoms with Crippen LogP contribution in [0.1, 0.15) is 24.3 Å². The number of amides is 2. The SMILES string of the molecule is CC(C)CNC(=O)CN(C)C(=O)c1ccc(=O)[nH]n1. The highest BCUT2D eigenvalue weighted by atomic mass is 16.2. The van der Waals surface area contributed by atoms with Crippen molar-refractivity contribution in [2.24, 2.45) is 5.92 Å². The predicted octanol–water partition coefficient (Wildman–Crippen LogP) is -0.386. The van der Waals surface area contributed by atoms with E-state index in [1.807, 2.05) is 13.8 Å². The molecular weight excluding hydrogens is 248 g/mol. The van der Waals surface area contributed by atoms with Crippen LogP contribution < -0.4 is 10.9 Å². The smallest absolute Gasteiger partial charge is 0.274 e. The van der Waals surface area contributed by atoms with Gasteiger partial charge in [0, 0.05) is 19.7 Å². The normalized spacial score (nSPS) is 10.3. The van der Waals surface area contributed by atoms with Gasteiger partial charge in [0.2, 0.25) is 5.91 Å². The predicted molar refractivity (Wildman–Crippen MR) is 69.7 cm³/mol. The number of likely N-dealkylation sites (N-methyl/N-ethyl adjacent to an activating group) is 1. The number of H-pyrrole nitrogens is 1. The maximum absolute atomic E-state index is 11.9. The molecule has 19 heavy (non-hydrogen) atoms. The lowest BCUT2D eigenvalue weighted by atomic mass is 10.2. The summed E-state index contributed by atoms with van der Waals surface area (Å²) in [5, 5.41) is 8.51. The Morgan fingerprint density at radius 1 is 1.42 bits per heavy atom. The molecular formula is C12H18N4O3. The fourth-order valence-corrected chi connectivity index (χ4v) is 1.32. The number of hydrogen-bond donors (Lipinski definition) is 2. The highest BCUT2D eigenvalue weighted by molar-refractivity contribution is 5.94. The molecule has 104 valence electrons. The second-order valence-corrected chi connectivity index (χ2v) is 4.67. The largest absolute Gasteiger partial charge is 0.354 e. The zero-order chi connectivity index (χ0) is 14.4. The van der Waals surface area contributed by atoms with Crippen molar-refractivity contribution in [2.45, 2.75) is 13.8 Å². The molecule has 0 unspecified atom stereocenters. The van der Waals surface area contributed by atoms with Gasteiger partial charge in [-0.05, 0) is 12.0 Å². The Kier molecular flexibility index (Phi) is 5.23. The summed E-state index contributed by atoms with van der Waals surface area (Å²) >= 11 is 0. The lowest BCUT2D eigenvalue weighted by Crippen LogP contribution is -2.39. The number of aromatic nitrogens is 2. The van der Waals surface area contributed by atoms with Crippen molar-refractivity contribution in [3.05, 3.63) is 28.2 Å². The Morgan fingerprint density at radius 3 is 2.63 bits per heavy atom. The maximum atomic E-state index is 11.9. The first kappa shape index (κ1) is 14.9.